The zero-order valence-electron chi connectivity index (χ0n) is 12.4. The van der Waals surface area contributed by atoms with E-state index in [-0.39, 0.29) is 5.84 Å². The highest BCUT2D eigenvalue weighted by molar-refractivity contribution is 6.02. The summed E-state index contributed by atoms with van der Waals surface area (Å²) >= 11 is 0. The number of pyridine rings is 1. The minimum Gasteiger partial charge on any atom is -0.409 e. The van der Waals surface area contributed by atoms with Crippen LogP contribution in [0.15, 0.2) is 17.4 Å². The first-order valence-corrected chi connectivity index (χ1v) is 7.01. The molecule has 6 nitrogen and oxygen atoms in total. The fraction of sp³-hybridized carbons (Fsp3) is 0.571. The monoisotopic (exact) mass is 277 g/mol. The maximum Gasteiger partial charge on any atom is 0.174 e. The van der Waals surface area contributed by atoms with Gasteiger partial charge in [-0.05, 0) is 32.0 Å². The lowest BCUT2D eigenvalue weighted by atomic mass is 10.1. The largest absolute Gasteiger partial charge is 0.409 e. The summed E-state index contributed by atoms with van der Waals surface area (Å²) in [5, 5.41) is 12.1. The van der Waals surface area contributed by atoms with Crippen molar-refractivity contribution in [2.75, 3.05) is 31.1 Å². The lowest BCUT2D eigenvalue weighted by Crippen LogP contribution is -2.52. The van der Waals surface area contributed by atoms with Crippen molar-refractivity contribution in [2.45, 2.75) is 26.8 Å². The molecule has 0 bridgehead atoms. The molecule has 0 spiro atoms. The van der Waals surface area contributed by atoms with E-state index in [1.165, 1.54) is 0 Å². The van der Waals surface area contributed by atoms with E-state index in [1.807, 2.05) is 13.0 Å². The number of nitrogens with two attached hydrogens (primary N) is 1. The van der Waals surface area contributed by atoms with Gasteiger partial charge in [0.2, 0.25) is 0 Å². The van der Waals surface area contributed by atoms with Crippen LogP contribution in [0.3, 0.4) is 0 Å². The Hall–Kier alpha value is -1.82. The Bertz CT molecular complexity index is 502. The van der Waals surface area contributed by atoms with Crippen molar-refractivity contribution in [3.63, 3.8) is 0 Å². The molecule has 1 aromatic rings. The Morgan fingerprint density at radius 3 is 2.90 bits per heavy atom. The van der Waals surface area contributed by atoms with E-state index >= 15 is 0 Å². The molecular weight excluding hydrogens is 254 g/mol. The topological polar surface area (TPSA) is 78.0 Å². The third kappa shape index (κ3) is 2.70. The van der Waals surface area contributed by atoms with Gasteiger partial charge in [-0.25, -0.2) is 4.98 Å². The summed E-state index contributed by atoms with van der Waals surface area (Å²) in [6, 6.07) is 2.35. The van der Waals surface area contributed by atoms with Gasteiger partial charge in [0.1, 0.15) is 5.82 Å². The SMILES string of the molecule is CCN1CCN(c2nccc(C)c2/C(N)=N/O)CC1C. The Kier molecular flexibility index (Phi) is 4.44. The first kappa shape index (κ1) is 14.6. The van der Waals surface area contributed by atoms with Crippen molar-refractivity contribution in [1.82, 2.24) is 9.88 Å². The fourth-order valence-electron chi connectivity index (χ4n) is 2.81. The van der Waals surface area contributed by atoms with Gasteiger partial charge < -0.3 is 15.8 Å². The first-order valence-electron chi connectivity index (χ1n) is 7.01. The number of rotatable bonds is 3. The fourth-order valence-corrected chi connectivity index (χ4v) is 2.81. The van der Waals surface area contributed by atoms with Crippen LogP contribution in [0.4, 0.5) is 5.82 Å². The zero-order chi connectivity index (χ0) is 14.7. The standard InChI is InChI=1S/C14H23N5O/c1-4-18-7-8-19(9-11(18)3)14-12(13(15)17-20)10(2)5-6-16-14/h5-6,11,20H,4,7-9H2,1-3H3,(H2,15,17). The van der Waals surface area contributed by atoms with Crippen LogP contribution in [0.1, 0.15) is 25.0 Å². The summed E-state index contributed by atoms with van der Waals surface area (Å²) in [6.07, 6.45) is 1.77. The predicted octanol–water partition coefficient (Wildman–Crippen LogP) is 1.01. The van der Waals surface area contributed by atoms with Crippen molar-refractivity contribution in [3.8, 4) is 0 Å². The maximum atomic E-state index is 8.98. The Morgan fingerprint density at radius 2 is 2.30 bits per heavy atom. The molecule has 1 aliphatic rings. The maximum absolute atomic E-state index is 8.98. The lowest BCUT2D eigenvalue weighted by Gasteiger charge is -2.40. The summed E-state index contributed by atoms with van der Waals surface area (Å²) in [7, 11) is 0. The van der Waals surface area contributed by atoms with E-state index in [0.29, 0.717) is 6.04 Å². The van der Waals surface area contributed by atoms with Gasteiger partial charge in [0.05, 0.1) is 5.56 Å². The molecule has 110 valence electrons. The molecule has 0 aromatic carbocycles. The number of hydrogen-bond donors (Lipinski definition) is 2. The van der Waals surface area contributed by atoms with Crippen LogP contribution in [0.5, 0.6) is 0 Å². The Labute approximate surface area is 119 Å². The van der Waals surface area contributed by atoms with Gasteiger partial charge in [0, 0.05) is 31.9 Å². The summed E-state index contributed by atoms with van der Waals surface area (Å²) in [4.78, 5) is 9.11. The number of aromatic nitrogens is 1. The van der Waals surface area contributed by atoms with Crippen LogP contribution in [0.2, 0.25) is 0 Å². The van der Waals surface area contributed by atoms with Crippen molar-refractivity contribution in [2.24, 2.45) is 10.9 Å². The molecule has 0 saturated carbocycles. The van der Waals surface area contributed by atoms with Gasteiger partial charge in [0.15, 0.2) is 5.84 Å². The van der Waals surface area contributed by atoms with Crippen LogP contribution in [-0.2, 0) is 0 Å². The average molecular weight is 277 g/mol. The Morgan fingerprint density at radius 1 is 1.55 bits per heavy atom. The number of hydrogen-bond acceptors (Lipinski definition) is 5. The molecule has 0 aliphatic carbocycles. The summed E-state index contributed by atoms with van der Waals surface area (Å²) in [5.41, 5.74) is 7.51. The van der Waals surface area contributed by atoms with Crippen molar-refractivity contribution >= 4 is 11.7 Å². The van der Waals surface area contributed by atoms with E-state index in [9.17, 15) is 0 Å². The number of anilines is 1. The van der Waals surface area contributed by atoms with E-state index in [0.717, 1.165) is 43.1 Å². The smallest absolute Gasteiger partial charge is 0.174 e. The molecule has 1 aromatic heterocycles. The number of aryl methyl sites for hydroxylation is 1. The second kappa shape index (κ2) is 6.09. The second-order valence-electron chi connectivity index (χ2n) is 5.24. The predicted molar refractivity (Wildman–Crippen MR) is 80.4 cm³/mol. The molecule has 20 heavy (non-hydrogen) atoms. The number of nitrogens with zero attached hydrogens (tertiary/aromatic N) is 4. The number of likely N-dealkylation sites (N-methyl/N-ethyl adjacent to an activating group) is 1. The van der Waals surface area contributed by atoms with E-state index in [1.54, 1.807) is 6.20 Å². The molecule has 6 heteroatoms. The quantitative estimate of drug-likeness (QED) is 0.373. The van der Waals surface area contributed by atoms with Gasteiger partial charge in [-0.1, -0.05) is 12.1 Å². The minimum atomic E-state index is 0.121. The molecule has 1 aliphatic heterocycles. The molecule has 0 amide bonds. The van der Waals surface area contributed by atoms with E-state index < -0.39 is 0 Å². The molecule has 2 heterocycles. The highest BCUT2D eigenvalue weighted by Crippen LogP contribution is 2.23. The van der Waals surface area contributed by atoms with Crippen molar-refractivity contribution in [3.05, 3.63) is 23.4 Å². The van der Waals surface area contributed by atoms with Crippen LogP contribution < -0.4 is 10.6 Å². The highest BCUT2D eigenvalue weighted by Gasteiger charge is 2.26. The molecule has 1 saturated heterocycles. The lowest BCUT2D eigenvalue weighted by molar-refractivity contribution is 0.199. The van der Waals surface area contributed by atoms with Gasteiger partial charge >= 0.3 is 0 Å². The van der Waals surface area contributed by atoms with Crippen molar-refractivity contribution in [1.29, 1.82) is 0 Å². The summed E-state index contributed by atoms with van der Waals surface area (Å²) in [5.74, 6) is 0.930. The number of amidine groups is 1. The van der Waals surface area contributed by atoms with Crippen LogP contribution in [0.25, 0.3) is 0 Å². The van der Waals surface area contributed by atoms with Gasteiger partial charge in [-0.15, -0.1) is 0 Å². The number of piperazine rings is 1. The minimum absolute atomic E-state index is 0.121. The van der Waals surface area contributed by atoms with Gasteiger partial charge in [-0.2, -0.15) is 0 Å². The molecule has 1 fully saturated rings. The molecule has 1 unspecified atom stereocenters. The van der Waals surface area contributed by atoms with Crippen LogP contribution in [-0.4, -0.2) is 53.1 Å². The summed E-state index contributed by atoms with van der Waals surface area (Å²) in [6.45, 7) is 10.2. The van der Waals surface area contributed by atoms with E-state index in [2.05, 4.69) is 33.8 Å². The van der Waals surface area contributed by atoms with Crippen molar-refractivity contribution < 1.29 is 5.21 Å². The van der Waals surface area contributed by atoms with Gasteiger partial charge in [0.25, 0.3) is 0 Å². The Balaban J connectivity index is 2.32. The molecule has 3 N–H and O–H groups in total. The molecular formula is C14H23N5O. The third-order valence-corrected chi connectivity index (χ3v) is 3.97. The average Bonchev–Trinajstić information content (AvgIpc) is 2.46. The molecule has 0 radical (unpaired) electrons. The normalized spacial score (nSPS) is 21.2. The van der Waals surface area contributed by atoms with E-state index in [4.69, 9.17) is 10.9 Å². The molecule has 2 rings (SSSR count). The number of oxime groups is 1. The third-order valence-electron chi connectivity index (χ3n) is 3.97. The van der Waals surface area contributed by atoms with Crippen LogP contribution >= 0.6 is 0 Å². The zero-order valence-corrected chi connectivity index (χ0v) is 12.4. The summed E-state index contributed by atoms with van der Waals surface area (Å²) < 4.78 is 0. The second-order valence-corrected chi connectivity index (χ2v) is 5.24. The first-order chi connectivity index (χ1) is 9.58. The highest BCUT2D eigenvalue weighted by atomic mass is 16.4. The molecule has 1 atom stereocenters. The van der Waals surface area contributed by atoms with Gasteiger partial charge in [-0.3, -0.25) is 4.90 Å². The van der Waals surface area contributed by atoms with Crippen LogP contribution in [0, 0.1) is 6.92 Å².